The molecule has 1 aromatic carbocycles. The van der Waals surface area contributed by atoms with Crippen LogP contribution in [0.1, 0.15) is 16.1 Å². The average Bonchev–Trinajstić information content (AvgIpc) is 3.11. The molecule has 0 unspecified atom stereocenters. The van der Waals surface area contributed by atoms with Crippen molar-refractivity contribution >= 4 is 11.9 Å². The summed E-state index contributed by atoms with van der Waals surface area (Å²) in [6.45, 7) is 2.83. The highest BCUT2D eigenvalue weighted by Gasteiger charge is 2.32. The van der Waals surface area contributed by atoms with E-state index >= 15 is 0 Å². The molecule has 0 spiro atoms. The van der Waals surface area contributed by atoms with Gasteiger partial charge >= 0.3 is 5.97 Å². The molecule has 3 rings (SSSR count). The van der Waals surface area contributed by atoms with Gasteiger partial charge < -0.3 is 19.3 Å². The lowest BCUT2D eigenvalue weighted by Crippen LogP contribution is -2.57. The van der Waals surface area contributed by atoms with E-state index in [1.54, 1.807) is 49.3 Å². The van der Waals surface area contributed by atoms with Crippen molar-refractivity contribution in [1.82, 2.24) is 14.7 Å². The number of carbonyl (C=O) groups is 2. The number of nitrogens with zero attached hydrogens (tertiary/aromatic N) is 3. The van der Waals surface area contributed by atoms with Crippen LogP contribution in [0.4, 0.5) is 0 Å². The summed E-state index contributed by atoms with van der Waals surface area (Å²) in [4.78, 5) is 29.9. The number of amides is 1. The Balaban J connectivity index is 1.81. The van der Waals surface area contributed by atoms with Crippen LogP contribution in [0, 0.1) is 0 Å². The zero-order valence-corrected chi connectivity index (χ0v) is 15.9. The van der Waals surface area contributed by atoms with E-state index < -0.39 is 5.97 Å². The third kappa shape index (κ3) is 4.20. The standard InChI is InChI=1S/C20H25N3O4/c1-21(2)19(24)17-13-22(3)10-11-23(17)12-14-8-9-18(27-14)15-6-4-5-7-16(15)20(25)26/h4-9,17H,10-13H2,1-3H3,(H,25,26)/t17-/m0/s1. The molecule has 1 aliphatic heterocycles. The number of hydrogen-bond donors (Lipinski definition) is 1. The molecule has 7 nitrogen and oxygen atoms in total. The molecule has 0 radical (unpaired) electrons. The molecule has 1 atom stereocenters. The Labute approximate surface area is 158 Å². The van der Waals surface area contributed by atoms with Gasteiger partial charge in [-0.15, -0.1) is 0 Å². The molecule has 1 aliphatic rings. The van der Waals surface area contributed by atoms with Gasteiger partial charge in [0.1, 0.15) is 17.6 Å². The predicted octanol–water partition coefficient (Wildman–Crippen LogP) is 1.85. The van der Waals surface area contributed by atoms with Crippen LogP contribution in [0.5, 0.6) is 0 Å². The Morgan fingerprint density at radius 3 is 2.63 bits per heavy atom. The van der Waals surface area contributed by atoms with Crippen LogP contribution >= 0.6 is 0 Å². The van der Waals surface area contributed by atoms with Gasteiger partial charge in [0.2, 0.25) is 5.91 Å². The summed E-state index contributed by atoms with van der Waals surface area (Å²) in [5.74, 6) is 0.322. The fourth-order valence-corrected chi connectivity index (χ4v) is 3.37. The van der Waals surface area contributed by atoms with Crippen molar-refractivity contribution in [2.24, 2.45) is 0 Å². The molecule has 1 aromatic heterocycles. The molecule has 0 aliphatic carbocycles. The van der Waals surface area contributed by atoms with Gasteiger partial charge in [-0.25, -0.2) is 4.79 Å². The zero-order valence-electron chi connectivity index (χ0n) is 15.9. The normalized spacial score (nSPS) is 18.4. The average molecular weight is 371 g/mol. The molecule has 144 valence electrons. The van der Waals surface area contributed by atoms with Crippen LogP contribution in [-0.4, -0.2) is 78.5 Å². The van der Waals surface area contributed by atoms with Crippen LogP contribution in [0.15, 0.2) is 40.8 Å². The van der Waals surface area contributed by atoms with Gasteiger partial charge in [0, 0.05) is 39.3 Å². The largest absolute Gasteiger partial charge is 0.478 e. The van der Waals surface area contributed by atoms with Crippen LogP contribution in [0.3, 0.4) is 0 Å². The van der Waals surface area contributed by atoms with E-state index in [1.165, 1.54) is 0 Å². The van der Waals surface area contributed by atoms with Crippen molar-refractivity contribution in [2.75, 3.05) is 40.8 Å². The molecular formula is C20H25N3O4. The number of likely N-dealkylation sites (N-methyl/N-ethyl adjacent to an activating group) is 2. The van der Waals surface area contributed by atoms with Crippen molar-refractivity contribution in [1.29, 1.82) is 0 Å². The first-order valence-electron chi connectivity index (χ1n) is 8.92. The van der Waals surface area contributed by atoms with Gasteiger partial charge in [0.15, 0.2) is 0 Å². The number of benzene rings is 1. The first-order chi connectivity index (χ1) is 12.9. The summed E-state index contributed by atoms with van der Waals surface area (Å²) < 4.78 is 5.94. The highest BCUT2D eigenvalue weighted by molar-refractivity contribution is 5.95. The van der Waals surface area contributed by atoms with Crippen molar-refractivity contribution in [2.45, 2.75) is 12.6 Å². The molecule has 1 saturated heterocycles. The third-order valence-corrected chi connectivity index (χ3v) is 4.86. The van der Waals surface area contributed by atoms with Gasteiger partial charge in [-0.2, -0.15) is 0 Å². The molecule has 1 fully saturated rings. The number of carboxylic acid groups (broad SMARTS) is 1. The highest BCUT2D eigenvalue weighted by Crippen LogP contribution is 2.27. The van der Waals surface area contributed by atoms with Crippen LogP contribution < -0.4 is 0 Å². The van der Waals surface area contributed by atoms with Crippen molar-refractivity contribution in [3.8, 4) is 11.3 Å². The highest BCUT2D eigenvalue weighted by atomic mass is 16.4. The molecular weight excluding hydrogens is 346 g/mol. The molecule has 1 amide bonds. The molecule has 7 heteroatoms. The molecule has 0 bridgehead atoms. The number of carboxylic acids is 1. The fraction of sp³-hybridized carbons (Fsp3) is 0.400. The minimum atomic E-state index is -0.987. The molecule has 1 N–H and O–H groups in total. The summed E-state index contributed by atoms with van der Waals surface area (Å²) >= 11 is 0. The smallest absolute Gasteiger partial charge is 0.336 e. The Morgan fingerprint density at radius 2 is 1.93 bits per heavy atom. The van der Waals surface area contributed by atoms with E-state index in [1.807, 2.05) is 13.1 Å². The van der Waals surface area contributed by atoms with E-state index in [2.05, 4.69) is 9.80 Å². The van der Waals surface area contributed by atoms with E-state index in [4.69, 9.17) is 4.42 Å². The van der Waals surface area contributed by atoms with Gasteiger partial charge in [0.25, 0.3) is 0 Å². The quantitative estimate of drug-likeness (QED) is 0.864. The molecule has 2 heterocycles. The van der Waals surface area contributed by atoms with Gasteiger partial charge in [-0.3, -0.25) is 9.69 Å². The Hall–Kier alpha value is -2.64. The topological polar surface area (TPSA) is 77.2 Å². The van der Waals surface area contributed by atoms with E-state index in [0.29, 0.717) is 30.2 Å². The first-order valence-corrected chi connectivity index (χ1v) is 8.92. The summed E-state index contributed by atoms with van der Waals surface area (Å²) in [6.07, 6.45) is 0. The Bertz CT molecular complexity index is 830. The van der Waals surface area contributed by atoms with E-state index in [9.17, 15) is 14.7 Å². The molecule has 2 aromatic rings. The third-order valence-electron chi connectivity index (χ3n) is 4.86. The minimum absolute atomic E-state index is 0.0737. The van der Waals surface area contributed by atoms with Crippen LogP contribution in [0.25, 0.3) is 11.3 Å². The molecule has 0 saturated carbocycles. The maximum atomic E-state index is 12.6. The zero-order chi connectivity index (χ0) is 19.6. The Kier molecular flexibility index (Phi) is 5.62. The summed E-state index contributed by atoms with van der Waals surface area (Å²) in [6, 6.07) is 10.2. The van der Waals surface area contributed by atoms with Gasteiger partial charge in [0.05, 0.1) is 12.1 Å². The second-order valence-corrected chi connectivity index (χ2v) is 7.10. The van der Waals surface area contributed by atoms with Crippen molar-refractivity contribution in [3.05, 3.63) is 47.7 Å². The lowest BCUT2D eigenvalue weighted by atomic mass is 10.1. The summed E-state index contributed by atoms with van der Waals surface area (Å²) in [5.41, 5.74) is 0.759. The fourth-order valence-electron chi connectivity index (χ4n) is 3.37. The number of rotatable bonds is 5. The monoisotopic (exact) mass is 371 g/mol. The summed E-state index contributed by atoms with van der Waals surface area (Å²) in [5, 5.41) is 9.37. The number of aromatic carboxylic acids is 1. The lowest BCUT2D eigenvalue weighted by molar-refractivity contribution is -0.137. The minimum Gasteiger partial charge on any atom is -0.478 e. The van der Waals surface area contributed by atoms with E-state index in [0.717, 1.165) is 13.1 Å². The first kappa shape index (κ1) is 19.1. The molecule has 27 heavy (non-hydrogen) atoms. The van der Waals surface area contributed by atoms with Crippen molar-refractivity contribution in [3.63, 3.8) is 0 Å². The number of piperazine rings is 1. The second-order valence-electron chi connectivity index (χ2n) is 7.10. The SMILES string of the molecule is CN1CCN(Cc2ccc(-c3ccccc3C(=O)O)o2)[C@H](C(=O)N(C)C)C1. The number of hydrogen-bond acceptors (Lipinski definition) is 5. The number of furan rings is 1. The van der Waals surface area contributed by atoms with Gasteiger partial charge in [-0.1, -0.05) is 18.2 Å². The van der Waals surface area contributed by atoms with E-state index in [-0.39, 0.29) is 17.5 Å². The van der Waals surface area contributed by atoms with Gasteiger partial charge in [-0.05, 0) is 25.2 Å². The lowest BCUT2D eigenvalue weighted by Gasteiger charge is -2.39. The Morgan fingerprint density at radius 1 is 1.19 bits per heavy atom. The maximum absolute atomic E-state index is 12.6. The van der Waals surface area contributed by atoms with Crippen LogP contribution in [0.2, 0.25) is 0 Å². The second kappa shape index (κ2) is 7.94. The predicted molar refractivity (Wildman–Crippen MR) is 101 cm³/mol. The van der Waals surface area contributed by atoms with Crippen molar-refractivity contribution < 1.29 is 19.1 Å². The maximum Gasteiger partial charge on any atom is 0.336 e. The van der Waals surface area contributed by atoms with Crippen LogP contribution in [-0.2, 0) is 11.3 Å². The summed E-state index contributed by atoms with van der Waals surface area (Å²) in [7, 11) is 5.55. The number of carbonyl (C=O) groups excluding carboxylic acids is 1.